The molecule has 2 amide bonds. The van der Waals surface area contributed by atoms with Gasteiger partial charge < -0.3 is 15.4 Å². The lowest BCUT2D eigenvalue weighted by atomic mass is 10.1. The number of nitrogens with one attached hydrogen (secondary N) is 2. The fraction of sp³-hybridized carbons (Fsp3) is 0.818. The molecule has 1 fully saturated rings. The molecule has 1 rings (SSSR count). The van der Waals surface area contributed by atoms with Gasteiger partial charge in [-0.25, -0.2) is 4.79 Å². The van der Waals surface area contributed by atoms with Gasteiger partial charge in [0.1, 0.15) is 6.54 Å². The molecule has 0 aromatic carbocycles. The van der Waals surface area contributed by atoms with Crippen LogP contribution in [-0.4, -0.2) is 43.2 Å². The molecule has 1 heterocycles. The average molecular weight is 292 g/mol. The number of unbranched alkanes of at least 4 members (excludes halogenated alkanes) is 1. The van der Waals surface area contributed by atoms with E-state index in [2.05, 4.69) is 15.4 Å². The summed E-state index contributed by atoms with van der Waals surface area (Å²) in [5.74, 6) is 0.824. The van der Waals surface area contributed by atoms with E-state index in [4.69, 9.17) is 0 Å². The van der Waals surface area contributed by atoms with E-state index < -0.39 is 5.97 Å². The third-order valence-corrected chi connectivity index (χ3v) is 5.59. The Morgan fingerprint density at radius 2 is 2.17 bits per heavy atom. The smallest absolute Gasteiger partial charge is 0.325 e. The predicted molar refractivity (Wildman–Crippen MR) is 75.7 cm³/mol. The summed E-state index contributed by atoms with van der Waals surface area (Å²) in [6, 6.07) is -0.314. The van der Waals surface area contributed by atoms with Gasteiger partial charge in [0, 0.05) is 17.5 Å². The van der Waals surface area contributed by atoms with Crippen LogP contribution in [0.1, 0.15) is 25.7 Å². The minimum absolute atomic E-state index is 0.0850. The molecule has 1 saturated heterocycles. The molecule has 0 bridgehead atoms. The van der Waals surface area contributed by atoms with E-state index in [0.717, 1.165) is 18.1 Å². The molecule has 0 saturated carbocycles. The molecular weight excluding hydrogens is 272 g/mol. The van der Waals surface area contributed by atoms with Crippen molar-refractivity contribution in [3.63, 3.8) is 0 Å². The Morgan fingerprint density at radius 3 is 2.83 bits per heavy atom. The lowest BCUT2D eigenvalue weighted by Crippen LogP contribution is -2.39. The Hall–Kier alpha value is -0.560. The molecule has 104 valence electrons. The monoisotopic (exact) mass is 292 g/mol. The fourth-order valence-electron chi connectivity index (χ4n) is 1.55. The first kappa shape index (κ1) is 15.5. The summed E-state index contributed by atoms with van der Waals surface area (Å²) >= 11 is 0. The molecule has 2 N–H and O–H groups in total. The molecule has 1 aliphatic rings. The van der Waals surface area contributed by atoms with E-state index >= 15 is 0 Å². The summed E-state index contributed by atoms with van der Waals surface area (Å²) in [6.45, 7) is 0.565. The van der Waals surface area contributed by atoms with E-state index in [0.29, 0.717) is 6.54 Å². The van der Waals surface area contributed by atoms with Crippen LogP contribution in [0.15, 0.2) is 0 Å². The number of carbonyl (C=O) groups excluding carboxylic acids is 2. The van der Waals surface area contributed by atoms with Crippen LogP contribution in [0.4, 0.5) is 4.79 Å². The van der Waals surface area contributed by atoms with Gasteiger partial charge in [-0.2, -0.15) is 0 Å². The highest BCUT2D eigenvalue weighted by atomic mass is 33.1. The molecule has 18 heavy (non-hydrogen) atoms. The topological polar surface area (TPSA) is 67.4 Å². The van der Waals surface area contributed by atoms with Crippen LogP contribution < -0.4 is 10.6 Å². The summed E-state index contributed by atoms with van der Waals surface area (Å²) in [7, 11) is 5.23. The highest BCUT2D eigenvalue weighted by Gasteiger charge is 2.15. The van der Waals surface area contributed by atoms with Gasteiger partial charge in [0.25, 0.3) is 0 Å². The van der Waals surface area contributed by atoms with Gasteiger partial charge >= 0.3 is 12.0 Å². The van der Waals surface area contributed by atoms with Gasteiger partial charge in [0.05, 0.1) is 7.11 Å². The number of ether oxygens (including phenoxy) is 1. The molecule has 0 radical (unpaired) electrons. The van der Waals surface area contributed by atoms with E-state index in [1.165, 1.54) is 25.7 Å². The van der Waals surface area contributed by atoms with E-state index in [1.807, 2.05) is 21.6 Å². The van der Waals surface area contributed by atoms with Gasteiger partial charge in [0.2, 0.25) is 0 Å². The standard InChI is InChI=1S/C11H20N2O3S2/c1-16-10(14)8-13-11(15)12-6-3-2-4-9-5-7-17-18-9/h9H,2-8H2,1H3,(H2,12,13,15). The number of urea groups is 1. The SMILES string of the molecule is COC(=O)CNC(=O)NCCCCC1CCSS1. The molecule has 1 aliphatic heterocycles. The van der Waals surface area contributed by atoms with Crippen LogP contribution >= 0.6 is 21.6 Å². The van der Waals surface area contributed by atoms with E-state index in [-0.39, 0.29) is 12.6 Å². The molecule has 5 nitrogen and oxygen atoms in total. The highest BCUT2D eigenvalue weighted by Crippen LogP contribution is 2.39. The number of esters is 1. The Morgan fingerprint density at radius 1 is 1.33 bits per heavy atom. The first-order valence-electron chi connectivity index (χ1n) is 6.09. The van der Waals surface area contributed by atoms with Crippen LogP contribution in [0.25, 0.3) is 0 Å². The Kier molecular flexibility index (Phi) is 8.08. The van der Waals surface area contributed by atoms with Crippen LogP contribution in [0.3, 0.4) is 0 Å². The molecular formula is C11H20N2O3S2. The summed E-state index contributed by atoms with van der Waals surface area (Å²) in [4.78, 5) is 22.0. The Balaban J connectivity index is 1.90. The van der Waals surface area contributed by atoms with Crippen LogP contribution in [0, 0.1) is 0 Å². The van der Waals surface area contributed by atoms with Crippen molar-refractivity contribution in [3.05, 3.63) is 0 Å². The lowest BCUT2D eigenvalue weighted by molar-refractivity contribution is -0.139. The molecule has 1 atom stereocenters. The van der Waals surface area contributed by atoms with Gasteiger partial charge in [-0.15, -0.1) is 0 Å². The average Bonchev–Trinajstić information content (AvgIpc) is 2.88. The van der Waals surface area contributed by atoms with Crippen molar-refractivity contribution >= 4 is 33.6 Å². The van der Waals surface area contributed by atoms with Crippen molar-refractivity contribution in [1.82, 2.24) is 10.6 Å². The molecule has 0 spiro atoms. The van der Waals surface area contributed by atoms with E-state index in [9.17, 15) is 9.59 Å². The summed E-state index contributed by atoms with van der Waals surface area (Å²) in [5, 5.41) is 5.95. The maximum atomic E-state index is 11.2. The molecule has 0 aromatic rings. The van der Waals surface area contributed by atoms with Gasteiger partial charge in [-0.1, -0.05) is 28.0 Å². The van der Waals surface area contributed by atoms with Gasteiger partial charge in [0.15, 0.2) is 0 Å². The van der Waals surface area contributed by atoms with Crippen molar-refractivity contribution in [3.8, 4) is 0 Å². The zero-order chi connectivity index (χ0) is 13.2. The van der Waals surface area contributed by atoms with Crippen LogP contribution in [0.5, 0.6) is 0 Å². The second kappa shape index (κ2) is 9.38. The number of hydrogen-bond donors (Lipinski definition) is 2. The molecule has 0 aliphatic carbocycles. The quantitative estimate of drug-likeness (QED) is 0.425. The van der Waals surface area contributed by atoms with Crippen molar-refractivity contribution < 1.29 is 14.3 Å². The second-order valence-corrected chi connectivity index (χ2v) is 6.80. The molecule has 0 aromatic heterocycles. The van der Waals surface area contributed by atoms with Crippen molar-refractivity contribution in [1.29, 1.82) is 0 Å². The van der Waals surface area contributed by atoms with Crippen LogP contribution in [0.2, 0.25) is 0 Å². The van der Waals surface area contributed by atoms with Gasteiger partial charge in [-0.05, 0) is 19.3 Å². The maximum Gasteiger partial charge on any atom is 0.325 e. The van der Waals surface area contributed by atoms with Crippen molar-refractivity contribution in [2.24, 2.45) is 0 Å². The summed E-state index contributed by atoms with van der Waals surface area (Å²) in [6.07, 6.45) is 4.65. The largest absolute Gasteiger partial charge is 0.468 e. The zero-order valence-corrected chi connectivity index (χ0v) is 12.2. The lowest BCUT2D eigenvalue weighted by Gasteiger charge is -2.08. The Bertz CT molecular complexity index is 271. The first-order valence-corrected chi connectivity index (χ1v) is 8.47. The zero-order valence-electron chi connectivity index (χ0n) is 10.6. The van der Waals surface area contributed by atoms with Crippen molar-refractivity contribution in [2.75, 3.05) is 26.0 Å². The highest BCUT2D eigenvalue weighted by molar-refractivity contribution is 8.77. The van der Waals surface area contributed by atoms with E-state index in [1.54, 1.807) is 0 Å². The Labute approximate surface area is 116 Å². The van der Waals surface area contributed by atoms with Crippen molar-refractivity contribution in [2.45, 2.75) is 30.9 Å². The normalized spacial score (nSPS) is 18.4. The number of hydrogen-bond acceptors (Lipinski definition) is 5. The third kappa shape index (κ3) is 7.00. The summed E-state index contributed by atoms with van der Waals surface area (Å²) in [5.41, 5.74) is 0. The minimum atomic E-state index is -0.444. The minimum Gasteiger partial charge on any atom is -0.468 e. The molecule has 7 heteroatoms. The fourth-order valence-corrected chi connectivity index (χ4v) is 4.58. The number of amides is 2. The third-order valence-electron chi connectivity index (χ3n) is 2.59. The number of methoxy groups -OCH3 is 1. The number of rotatable bonds is 7. The first-order chi connectivity index (χ1) is 8.72. The predicted octanol–water partition coefficient (Wildman–Crippen LogP) is 1.78. The second-order valence-electron chi connectivity index (χ2n) is 4.01. The number of carbonyl (C=O) groups is 2. The van der Waals surface area contributed by atoms with Gasteiger partial charge in [-0.3, -0.25) is 4.79 Å². The van der Waals surface area contributed by atoms with Crippen LogP contribution in [-0.2, 0) is 9.53 Å². The summed E-state index contributed by atoms with van der Waals surface area (Å²) < 4.78 is 4.41. The maximum absolute atomic E-state index is 11.2. The molecule has 1 unspecified atom stereocenters.